The minimum Gasteiger partial charge on any atom is -0.427 e. The summed E-state index contributed by atoms with van der Waals surface area (Å²) < 4.78 is 5.51. The van der Waals surface area contributed by atoms with Crippen LogP contribution in [0.3, 0.4) is 0 Å². The van der Waals surface area contributed by atoms with Gasteiger partial charge in [0.25, 0.3) is 0 Å². The molecule has 8 heterocycles. The van der Waals surface area contributed by atoms with Crippen molar-refractivity contribution in [3.63, 3.8) is 0 Å². The number of fused-ring (bicyclic) bond motifs is 8. The maximum absolute atomic E-state index is 12.1. The fraction of sp³-hybridized carbons (Fsp3) is 0.0455. The zero-order chi connectivity index (χ0) is 35.7. The van der Waals surface area contributed by atoms with Gasteiger partial charge in [0, 0.05) is 87.9 Å². The van der Waals surface area contributed by atoms with Crippen LogP contribution >= 0.6 is 0 Å². The second-order valence-corrected chi connectivity index (χ2v) is 12.6. The van der Waals surface area contributed by atoms with Gasteiger partial charge in [-0.05, 0) is 119 Å². The number of benzene rings is 1. The van der Waals surface area contributed by atoms with E-state index in [0.717, 1.165) is 89.4 Å². The van der Waals surface area contributed by atoms with Crippen LogP contribution in [0.4, 0.5) is 0 Å². The minimum absolute atomic E-state index is 0.285. The second-order valence-electron chi connectivity index (χ2n) is 12.6. The summed E-state index contributed by atoms with van der Waals surface area (Å²) in [6, 6.07) is 27.9. The lowest BCUT2D eigenvalue weighted by Gasteiger charge is -2.07. The van der Waals surface area contributed by atoms with E-state index in [4.69, 9.17) is 14.7 Å². The molecular weight excluding hydrogens is 659 g/mol. The number of nitrogens with one attached hydrogen (secondary N) is 2. The van der Waals surface area contributed by atoms with Crippen molar-refractivity contribution in [1.82, 2.24) is 34.9 Å². The molecule has 254 valence electrons. The second kappa shape index (κ2) is 13.5. The predicted octanol–water partition coefficient (Wildman–Crippen LogP) is 9.82. The van der Waals surface area contributed by atoms with Gasteiger partial charge >= 0.3 is 5.97 Å². The Hall–Kier alpha value is -7.26. The molecule has 2 aliphatic heterocycles. The first-order valence-corrected chi connectivity index (χ1v) is 17.3. The molecule has 9 heteroatoms. The van der Waals surface area contributed by atoms with Gasteiger partial charge in [0.15, 0.2) is 0 Å². The van der Waals surface area contributed by atoms with Crippen LogP contribution in [0.5, 0.6) is 5.75 Å². The first-order chi connectivity index (χ1) is 26.1. The van der Waals surface area contributed by atoms with E-state index in [1.165, 1.54) is 0 Å². The molecule has 0 spiro atoms. The molecule has 0 saturated carbocycles. The van der Waals surface area contributed by atoms with Crippen LogP contribution in [0, 0.1) is 0 Å². The molecule has 0 saturated heterocycles. The van der Waals surface area contributed by atoms with Gasteiger partial charge in [0.1, 0.15) is 5.75 Å². The summed E-state index contributed by atoms with van der Waals surface area (Å²) in [5, 5.41) is 0. The number of hydrogen-bond acceptors (Lipinski definition) is 7. The highest BCUT2D eigenvalue weighted by Gasteiger charge is 2.19. The first kappa shape index (κ1) is 31.7. The zero-order valence-corrected chi connectivity index (χ0v) is 28.6. The van der Waals surface area contributed by atoms with Crippen LogP contribution in [-0.2, 0) is 4.79 Å². The van der Waals surface area contributed by atoms with Gasteiger partial charge in [-0.15, -0.1) is 0 Å². The van der Waals surface area contributed by atoms with Crippen molar-refractivity contribution in [1.29, 1.82) is 0 Å². The molecule has 6 aromatic heterocycles. The summed E-state index contributed by atoms with van der Waals surface area (Å²) in [5.74, 6) is 0.204. The van der Waals surface area contributed by atoms with Gasteiger partial charge in [0.2, 0.25) is 0 Å². The average Bonchev–Trinajstić information content (AvgIpc) is 4.05. The van der Waals surface area contributed by atoms with Gasteiger partial charge in [-0.25, -0.2) is 9.97 Å². The number of nitrogens with zero attached hydrogens (tertiary/aromatic N) is 5. The molecule has 9 rings (SSSR count). The van der Waals surface area contributed by atoms with Gasteiger partial charge in [0.05, 0.1) is 22.8 Å². The Balaban J connectivity index is 1.42. The number of carbonyl (C=O) groups excluding carboxylic acids is 1. The van der Waals surface area contributed by atoms with Crippen LogP contribution < -0.4 is 4.74 Å². The monoisotopic (exact) mass is 689 g/mol. The minimum atomic E-state index is -0.285. The van der Waals surface area contributed by atoms with Crippen molar-refractivity contribution in [3.05, 3.63) is 145 Å². The van der Waals surface area contributed by atoms with Gasteiger partial charge in [-0.3, -0.25) is 19.7 Å². The fourth-order valence-corrected chi connectivity index (χ4v) is 6.87. The van der Waals surface area contributed by atoms with E-state index in [9.17, 15) is 4.79 Å². The summed E-state index contributed by atoms with van der Waals surface area (Å²) in [5.41, 5.74) is 14.3. The highest BCUT2D eigenvalue weighted by atomic mass is 16.5. The van der Waals surface area contributed by atoms with Crippen LogP contribution in [0.15, 0.2) is 122 Å². The standard InChI is InChI=1S/C44H31N7O2/c1-2-40(52)53-31-5-3-27(4-6-31)41-32-7-9-34(48-32)42(28-15-21-45-22-16-28)36-11-13-38(50-36)44(30-19-25-47-26-20-30)39-14-12-37(51-39)43(29-17-23-46-24-18-29)35-10-8-33(41)49-35/h3-26,48,51H,2H2,1H3. The first-order valence-electron chi connectivity index (χ1n) is 17.3. The van der Waals surface area contributed by atoms with Crippen LogP contribution in [-0.4, -0.2) is 40.9 Å². The van der Waals surface area contributed by atoms with Crippen LogP contribution in [0.2, 0.25) is 0 Å². The Kier molecular flexibility index (Phi) is 8.05. The number of H-pyrrole nitrogens is 2. The number of aromatic amines is 2. The third-order valence-corrected chi connectivity index (χ3v) is 9.32. The van der Waals surface area contributed by atoms with Gasteiger partial charge < -0.3 is 14.7 Å². The molecule has 9 nitrogen and oxygen atoms in total. The maximum Gasteiger partial charge on any atom is 0.310 e. The van der Waals surface area contributed by atoms with Crippen molar-refractivity contribution in [2.45, 2.75) is 13.3 Å². The number of pyridine rings is 3. The summed E-state index contributed by atoms with van der Waals surface area (Å²) in [6.07, 6.45) is 19.3. The lowest BCUT2D eigenvalue weighted by Crippen LogP contribution is -2.05. The average molecular weight is 690 g/mol. The molecule has 53 heavy (non-hydrogen) atoms. The number of ether oxygens (including phenoxy) is 1. The lowest BCUT2D eigenvalue weighted by atomic mass is 10.0. The Morgan fingerprint density at radius 1 is 0.472 bits per heavy atom. The third-order valence-electron chi connectivity index (χ3n) is 9.32. The number of hydrogen-bond donors (Lipinski definition) is 2. The molecule has 0 fully saturated rings. The van der Waals surface area contributed by atoms with E-state index in [1.54, 1.807) is 44.1 Å². The maximum atomic E-state index is 12.1. The molecule has 0 atom stereocenters. The van der Waals surface area contributed by atoms with E-state index >= 15 is 0 Å². The van der Waals surface area contributed by atoms with Gasteiger partial charge in [-0.2, -0.15) is 0 Å². The van der Waals surface area contributed by atoms with Crippen molar-refractivity contribution < 1.29 is 9.53 Å². The topological polar surface area (TPSA) is 122 Å². The van der Waals surface area contributed by atoms with Crippen molar-refractivity contribution in [2.75, 3.05) is 0 Å². The number of carbonyl (C=O) groups is 1. The smallest absolute Gasteiger partial charge is 0.310 e. The van der Waals surface area contributed by atoms with Crippen molar-refractivity contribution in [3.8, 4) is 50.3 Å². The lowest BCUT2D eigenvalue weighted by molar-refractivity contribution is -0.134. The fourth-order valence-electron chi connectivity index (χ4n) is 6.87. The number of aromatic nitrogens is 7. The summed E-state index contributed by atoms with van der Waals surface area (Å²) in [7, 11) is 0. The molecule has 0 radical (unpaired) electrons. The van der Waals surface area contributed by atoms with Crippen molar-refractivity contribution >= 4 is 52.3 Å². The molecule has 7 aromatic rings. The molecule has 2 aliphatic rings. The molecule has 2 N–H and O–H groups in total. The number of esters is 1. The van der Waals surface area contributed by atoms with E-state index in [1.807, 2.05) is 66.7 Å². The molecule has 1 aromatic carbocycles. The number of rotatable bonds is 6. The van der Waals surface area contributed by atoms with Crippen LogP contribution in [0.1, 0.15) is 36.1 Å². The highest BCUT2D eigenvalue weighted by Crippen LogP contribution is 2.38. The Morgan fingerprint density at radius 2 is 0.792 bits per heavy atom. The Morgan fingerprint density at radius 3 is 1.11 bits per heavy atom. The highest BCUT2D eigenvalue weighted by molar-refractivity contribution is 5.99. The third kappa shape index (κ3) is 6.00. The summed E-state index contributed by atoms with van der Waals surface area (Å²) in [4.78, 5) is 43.0. The molecular formula is C44H31N7O2. The summed E-state index contributed by atoms with van der Waals surface area (Å²) in [6.45, 7) is 1.78. The normalized spacial score (nSPS) is 11.9. The van der Waals surface area contributed by atoms with E-state index in [2.05, 4.69) is 67.4 Å². The quantitative estimate of drug-likeness (QED) is 0.132. The molecule has 8 bridgehead atoms. The van der Waals surface area contributed by atoms with E-state index in [0.29, 0.717) is 12.2 Å². The van der Waals surface area contributed by atoms with Crippen molar-refractivity contribution in [2.24, 2.45) is 0 Å². The van der Waals surface area contributed by atoms with Crippen LogP contribution in [0.25, 0.3) is 90.9 Å². The molecule has 0 unspecified atom stereocenters. The van der Waals surface area contributed by atoms with Gasteiger partial charge in [-0.1, -0.05) is 19.1 Å². The SMILES string of the molecule is CCC(=O)Oc1ccc(-c2c3nc(c(-c4ccncc4)c4ccc([nH]4)c(-c4ccncc4)c4nc(c(-c5ccncc5)c5ccc2[nH]5)C=C4)C=C3)cc1. The van der Waals surface area contributed by atoms with E-state index < -0.39 is 0 Å². The predicted molar refractivity (Wildman–Crippen MR) is 210 cm³/mol. The van der Waals surface area contributed by atoms with E-state index in [-0.39, 0.29) is 5.97 Å². The largest absolute Gasteiger partial charge is 0.427 e. The molecule has 0 aliphatic carbocycles. The Labute approximate surface area is 304 Å². The zero-order valence-electron chi connectivity index (χ0n) is 28.6. The summed E-state index contributed by atoms with van der Waals surface area (Å²) >= 11 is 0. The Bertz CT molecular complexity index is 2700. The molecule has 0 amide bonds.